The van der Waals surface area contributed by atoms with E-state index in [1.807, 2.05) is 12.3 Å². The number of ketones is 2. The molecule has 50 heavy (non-hydrogen) atoms. The highest BCUT2D eigenvalue weighted by Crippen LogP contribution is 2.20. The Morgan fingerprint density at radius 3 is 2.38 bits per heavy atom. The molecule has 0 saturated carbocycles. The topological polar surface area (TPSA) is 211 Å². The maximum atomic E-state index is 13.6. The van der Waals surface area contributed by atoms with Gasteiger partial charge in [-0.3, -0.25) is 18.9 Å². The van der Waals surface area contributed by atoms with E-state index < -0.39 is 56.9 Å². The zero-order valence-electron chi connectivity index (χ0n) is 29.6. The van der Waals surface area contributed by atoms with Crippen LogP contribution >= 0.6 is 8.69 Å². The van der Waals surface area contributed by atoms with Crippen molar-refractivity contribution < 1.29 is 48.9 Å². The summed E-state index contributed by atoms with van der Waals surface area (Å²) >= 11 is 0. The van der Waals surface area contributed by atoms with Crippen LogP contribution in [0.25, 0.3) is 0 Å². The summed E-state index contributed by atoms with van der Waals surface area (Å²) < 4.78 is 20.5. The third-order valence-corrected chi connectivity index (χ3v) is 9.52. The van der Waals surface area contributed by atoms with Gasteiger partial charge in [0.15, 0.2) is 5.78 Å². The molecule has 4 atom stereocenters. The maximum absolute atomic E-state index is 13.6. The summed E-state index contributed by atoms with van der Waals surface area (Å²) in [5, 5.41) is 15.6. The lowest BCUT2D eigenvalue weighted by atomic mass is 9.92. The second-order valence-electron chi connectivity index (χ2n) is 13.1. The summed E-state index contributed by atoms with van der Waals surface area (Å²) in [7, 11) is -0.616. The summed E-state index contributed by atoms with van der Waals surface area (Å²) in [6, 6.07) is 9.32. The van der Waals surface area contributed by atoms with Gasteiger partial charge in [0.1, 0.15) is 23.7 Å². The van der Waals surface area contributed by atoms with Gasteiger partial charge in [0.05, 0.1) is 37.6 Å². The number of aliphatic hydroxyl groups excluding tert-OH is 1. The van der Waals surface area contributed by atoms with Crippen molar-refractivity contribution in [2.75, 3.05) is 13.2 Å². The quantitative estimate of drug-likeness (QED) is 0.142. The molecule has 14 heteroatoms. The molecule has 2 bridgehead atoms. The fraction of sp³-hybridized carbons (Fsp3) is 0.639. The molecule has 13 nitrogen and oxygen atoms in total. The van der Waals surface area contributed by atoms with Crippen LogP contribution in [0, 0.1) is 11.8 Å². The summed E-state index contributed by atoms with van der Waals surface area (Å²) in [6.07, 6.45) is 13.7. The molecule has 7 N–H and O–H groups in total. The second-order valence-corrected chi connectivity index (χ2v) is 13.4. The van der Waals surface area contributed by atoms with Gasteiger partial charge in [0, 0.05) is 25.8 Å². The summed E-state index contributed by atoms with van der Waals surface area (Å²) in [5.41, 5.74) is 2.33. The number of carbonyl (C=O) groups is 4. The summed E-state index contributed by atoms with van der Waals surface area (Å²) in [5.74, 6) is -3.31. The number of hydrogen-bond acceptors (Lipinski definition) is 7. The van der Waals surface area contributed by atoms with Gasteiger partial charge in [0.2, 0.25) is 18.1 Å². The van der Waals surface area contributed by atoms with E-state index in [1.54, 1.807) is 6.92 Å². The molecule has 3 rings (SSSR count). The van der Waals surface area contributed by atoms with E-state index in [2.05, 4.69) is 50.4 Å². The van der Waals surface area contributed by atoms with Crippen LogP contribution < -0.4 is 15.2 Å². The number of Topliss-reactive ketones (excluding diaryl/α,β-unsaturated/α-hetero) is 2. The van der Waals surface area contributed by atoms with Crippen molar-refractivity contribution in [1.29, 1.82) is 0 Å². The van der Waals surface area contributed by atoms with Crippen molar-refractivity contribution in [2.45, 2.75) is 123 Å². The average Bonchev–Trinajstić information content (AvgIpc) is 3.45. The number of fused-ring (bicyclic) bond motifs is 2. The molecule has 2 heterocycles. The smallest absolute Gasteiger partial charge is 0.327 e. The van der Waals surface area contributed by atoms with E-state index in [-0.39, 0.29) is 29.6 Å². The highest BCUT2D eigenvalue weighted by molar-refractivity contribution is 7.17. The van der Waals surface area contributed by atoms with Crippen LogP contribution in [0.1, 0.15) is 95.7 Å². The molecule has 0 saturated heterocycles. The van der Waals surface area contributed by atoms with Crippen LogP contribution in [-0.2, 0) is 54.2 Å². The number of aliphatic hydroxyl groups is 1. The maximum Gasteiger partial charge on any atom is 0.327 e. The zero-order valence-corrected chi connectivity index (χ0v) is 30.5. The van der Waals surface area contributed by atoms with Crippen LogP contribution in [0.15, 0.2) is 42.9 Å². The Bertz CT molecular complexity index is 1320. The van der Waals surface area contributed by atoms with E-state index in [4.69, 9.17) is 4.52 Å². The molecule has 0 radical (unpaired) electrons. The molecule has 280 valence electrons. The van der Waals surface area contributed by atoms with Crippen molar-refractivity contribution in [3.05, 3.63) is 54.1 Å². The van der Waals surface area contributed by atoms with Crippen LogP contribution in [0.2, 0.25) is 0 Å². The standard InChI is InChI=1S/C36H53N4O7P.2H2O/c1-27(42)21-30-22-31-24-39(26-40(31)20-14-6-4-3-5-9-15-29-16-10-7-11-17-29)19-13-8-12-18-37-36(45)32(28(2)47-48-46)23-34(43)33(25-41)38-35(30)44;;/h7,10-11,16-17,24,26,28,30,32-33,41H,3-6,8-9,12-15,18-23,25H2,1-2H3,(H-,37,38,44,45);2*1H2/p+1/t28-,30+,32+,33+;;/m1../s1. The molecule has 1 aliphatic heterocycles. The van der Waals surface area contributed by atoms with Crippen molar-refractivity contribution in [2.24, 2.45) is 11.8 Å². The van der Waals surface area contributed by atoms with Gasteiger partial charge in [-0.25, -0.2) is 13.7 Å². The monoisotopic (exact) mass is 721 g/mol. The van der Waals surface area contributed by atoms with Gasteiger partial charge in [0.25, 0.3) is 0 Å². The Morgan fingerprint density at radius 1 is 1.00 bits per heavy atom. The Labute approximate surface area is 297 Å². The minimum absolute atomic E-state index is 0. The number of hydrogen-bond donors (Lipinski definition) is 3. The number of imidazole rings is 1. The van der Waals surface area contributed by atoms with Crippen molar-refractivity contribution in [3.63, 3.8) is 0 Å². The van der Waals surface area contributed by atoms with Crippen LogP contribution in [0.4, 0.5) is 0 Å². The highest BCUT2D eigenvalue weighted by Gasteiger charge is 2.34. The van der Waals surface area contributed by atoms with E-state index in [9.17, 15) is 28.8 Å². The third kappa shape index (κ3) is 15.7. The molecule has 1 aromatic carbocycles. The fourth-order valence-electron chi connectivity index (χ4n) is 6.29. The summed E-state index contributed by atoms with van der Waals surface area (Å²) in [6.45, 7) is 4.32. The first-order chi connectivity index (χ1) is 23.2. The van der Waals surface area contributed by atoms with Crippen LogP contribution in [0.5, 0.6) is 0 Å². The van der Waals surface area contributed by atoms with E-state index in [0.717, 1.165) is 63.7 Å². The lowest BCUT2D eigenvalue weighted by molar-refractivity contribution is -0.697. The normalized spacial score (nSPS) is 20.0. The molecule has 0 aliphatic carbocycles. The number of rotatable bonds is 15. The van der Waals surface area contributed by atoms with E-state index in [1.165, 1.54) is 31.7 Å². The fourth-order valence-corrected chi connectivity index (χ4v) is 6.58. The van der Waals surface area contributed by atoms with Gasteiger partial charge in [-0.2, -0.15) is 0 Å². The molecular formula is C36H58N4O9P+. The number of unbranched alkanes of at least 4 members (excludes halogenated alkanes) is 5. The largest absolute Gasteiger partial charge is 0.412 e. The Hall–Kier alpha value is -3.35. The van der Waals surface area contributed by atoms with Gasteiger partial charge in [-0.05, 0) is 64.4 Å². The Kier molecular flexibility index (Phi) is 22.1. The van der Waals surface area contributed by atoms with E-state index >= 15 is 0 Å². The third-order valence-electron chi connectivity index (χ3n) is 9.10. The first-order valence-corrected chi connectivity index (χ1v) is 18.3. The number of carbonyl (C=O) groups excluding carboxylic acids is 4. The predicted molar refractivity (Wildman–Crippen MR) is 189 cm³/mol. The number of aryl methyl sites for hydroxylation is 3. The number of nitrogens with zero attached hydrogens (tertiary/aromatic N) is 2. The molecule has 1 aromatic heterocycles. The van der Waals surface area contributed by atoms with Gasteiger partial charge in [-0.1, -0.05) is 49.6 Å². The minimum atomic E-state index is -1.26. The number of benzene rings is 1. The van der Waals surface area contributed by atoms with Crippen molar-refractivity contribution in [1.82, 2.24) is 15.2 Å². The summed E-state index contributed by atoms with van der Waals surface area (Å²) in [4.78, 5) is 52.1. The molecule has 2 amide bonds. The molecule has 2 aromatic rings. The SMILES string of the molecule is CC(=O)C[C@H]1Cc2c[n+](cn2CCCCCCCCc2ccccc2)CCCCCNC(=O)[C@H]([C@@H](C)OP=O)CC(=O)[C@H](CO)NC1=O.O.O. The van der Waals surface area contributed by atoms with E-state index in [0.29, 0.717) is 13.0 Å². The lowest BCUT2D eigenvalue weighted by Crippen LogP contribution is -2.48. The molecule has 1 aliphatic rings. The first-order valence-electron chi connectivity index (χ1n) is 17.5. The van der Waals surface area contributed by atoms with Crippen LogP contribution in [0.3, 0.4) is 0 Å². The average molecular weight is 722 g/mol. The van der Waals surface area contributed by atoms with Crippen molar-refractivity contribution >= 4 is 32.1 Å². The lowest BCUT2D eigenvalue weighted by Gasteiger charge is -2.24. The minimum Gasteiger partial charge on any atom is -0.412 e. The van der Waals surface area contributed by atoms with Crippen LogP contribution in [-0.4, -0.2) is 69.3 Å². The predicted octanol–water partition coefficient (Wildman–Crippen LogP) is 2.81. The number of nitrogens with one attached hydrogen (secondary N) is 2. The Balaban J connectivity index is 0.00000625. The highest BCUT2D eigenvalue weighted by atomic mass is 31.1. The number of amides is 2. The van der Waals surface area contributed by atoms with Gasteiger partial charge >= 0.3 is 8.69 Å². The van der Waals surface area contributed by atoms with Gasteiger partial charge < -0.3 is 31.5 Å². The number of aromatic nitrogens is 2. The molecule has 0 fully saturated rings. The zero-order chi connectivity index (χ0) is 34.7. The van der Waals surface area contributed by atoms with Crippen molar-refractivity contribution in [3.8, 4) is 0 Å². The molecule has 0 spiro atoms. The second kappa shape index (κ2) is 24.7. The van der Waals surface area contributed by atoms with Gasteiger partial charge in [-0.15, -0.1) is 0 Å². The molecule has 0 unspecified atom stereocenters. The molecular weight excluding hydrogens is 663 g/mol. The first kappa shape index (κ1) is 44.7. The Morgan fingerprint density at radius 2 is 1.70 bits per heavy atom.